The van der Waals surface area contributed by atoms with E-state index in [9.17, 15) is 9.59 Å². The van der Waals surface area contributed by atoms with Crippen LogP contribution in [0.15, 0.2) is 12.4 Å². The molecule has 0 aliphatic carbocycles. The van der Waals surface area contributed by atoms with Gasteiger partial charge in [0.2, 0.25) is 0 Å². The highest BCUT2D eigenvalue weighted by molar-refractivity contribution is 5.89. The summed E-state index contributed by atoms with van der Waals surface area (Å²) in [5.74, 6) is -0.355. The zero-order valence-electron chi connectivity index (χ0n) is 12.8. The van der Waals surface area contributed by atoms with Crippen LogP contribution < -0.4 is 5.32 Å². The molecule has 0 fully saturated rings. The molecule has 0 aliphatic heterocycles. The Hall–Kier alpha value is -2.18. The van der Waals surface area contributed by atoms with Crippen molar-refractivity contribution in [1.29, 1.82) is 0 Å². The number of rotatable bonds is 6. The molecule has 116 valence electrons. The number of aliphatic carboxylic acids is 1. The van der Waals surface area contributed by atoms with Crippen LogP contribution in [0.25, 0.3) is 0 Å². The number of nitrogens with one attached hydrogen (secondary N) is 1. The zero-order valence-corrected chi connectivity index (χ0v) is 12.8. The molecule has 1 heterocycles. The van der Waals surface area contributed by atoms with Gasteiger partial charge in [0, 0.05) is 20.0 Å². The van der Waals surface area contributed by atoms with Gasteiger partial charge in [-0.1, -0.05) is 20.8 Å². The summed E-state index contributed by atoms with van der Waals surface area (Å²) in [7, 11) is 1.54. The fourth-order valence-electron chi connectivity index (χ4n) is 1.68. The van der Waals surface area contributed by atoms with E-state index in [1.54, 1.807) is 26.4 Å². The van der Waals surface area contributed by atoms with Gasteiger partial charge >= 0.3 is 12.0 Å². The largest absolute Gasteiger partial charge is 0.481 e. The number of aromatic nitrogens is 2. The predicted octanol–water partition coefficient (Wildman–Crippen LogP) is 1.86. The van der Waals surface area contributed by atoms with Crippen molar-refractivity contribution in [3.05, 3.63) is 18.2 Å². The second kappa shape index (κ2) is 7.56. The first-order valence-corrected chi connectivity index (χ1v) is 6.85. The highest BCUT2D eigenvalue weighted by Gasteiger charge is 2.17. The number of carboxylic acid groups (broad SMARTS) is 1. The molecular weight excluding hydrogens is 272 g/mol. The summed E-state index contributed by atoms with van der Waals surface area (Å²) in [5.41, 5.74) is 0.488. The van der Waals surface area contributed by atoms with Crippen molar-refractivity contribution in [2.24, 2.45) is 11.8 Å². The molecule has 7 heteroatoms. The number of amides is 2. The van der Waals surface area contributed by atoms with Crippen molar-refractivity contribution < 1.29 is 14.7 Å². The number of carbonyl (C=O) groups excluding carboxylic acids is 1. The Morgan fingerprint density at radius 1 is 1.29 bits per heavy atom. The smallest absolute Gasteiger partial charge is 0.321 e. The van der Waals surface area contributed by atoms with E-state index in [1.807, 2.05) is 0 Å². The number of nitrogens with zero attached hydrogens (tertiary/aromatic N) is 3. The normalized spacial score (nSPS) is 12.0. The standard InChI is InChI=1S/C14H22N4O3/c1-9(2)5-12-15-6-11(7-16-12)17-14(21)18(4)8-10(3)13(19)20/h6-7,9-10H,5,8H2,1-4H3,(H,17,21)(H,19,20). The summed E-state index contributed by atoms with van der Waals surface area (Å²) in [6, 6.07) is -0.386. The average Bonchev–Trinajstić information content (AvgIpc) is 2.40. The van der Waals surface area contributed by atoms with Gasteiger partial charge in [-0.05, 0) is 5.92 Å². The third-order valence-corrected chi connectivity index (χ3v) is 2.86. The van der Waals surface area contributed by atoms with Crippen LogP contribution in [0, 0.1) is 11.8 Å². The van der Waals surface area contributed by atoms with Gasteiger partial charge in [-0.15, -0.1) is 0 Å². The maximum absolute atomic E-state index is 11.9. The number of carboxylic acids is 1. The summed E-state index contributed by atoms with van der Waals surface area (Å²) >= 11 is 0. The molecule has 7 nitrogen and oxygen atoms in total. The van der Waals surface area contributed by atoms with Crippen molar-refractivity contribution >= 4 is 17.7 Å². The monoisotopic (exact) mass is 294 g/mol. The van der Waals surface area contributed by atoms with Crippen LogP contribution in [0.1, 0.15) is 26.6 Å². The lowest BCUT2D eigenvalue weighted by Crippen LogP contribution is -2.36. The van der Waals surface area contributed by atoms with Gasteiger partial charge in [0.15, 0.2) is 0 Å². The highest BCUT2D eigenvalue weighted by atomic mass is 16.4. The van der Waals surface area contributed by atoms with E-state index in [-0.39, 0.29) is 12.6 Å². The van der Waals surface area contributed by atoms with Crippen LogP contribution in [0.4, 0.5) is 10.5 Å². The van der Waals surface area contributed by atoms with Crippen molar-refractivity contribution in [3.8, 4) is 0 Å². The summed E-state index contributed by atoms with van der Waals surface area (Å²) in [6.07, 6.45) is 3.89. The number of anilines is 1. The molecule has 1 aromatic heterocycles. The van der Waals surface area contributed by atoms with Crippen molar-refractivity contribution in [3.63, 3.8) is 0 Å². The Kier molecular flexibility index (Phi) is 6.08. The third-order valence-electron chi connectivity index (χ3n) is 2.86. The molecule has 0 saturated carbocycles. The van der Waals surface area contributed by atoms with E-state index in [4.69, 9.17) is 5.11 Å². The number of carbonyl (C=O) groups is 2. The van der Waals surface area contributed by atoms with Gasteiger partial charge < -0.3 is 15.3 Å². The predicted molar refractivity (Wildman–Crippen MR) is 79.0 cm³/mol. The maximum atomic E-state index is 11.9. The molecule has 0 saturated heterocycles. The molecule has 2 N–H and O–H groups in total. The number of urea groups is 1. The molecular formula is C14H22N4O3. The summed E-state index contributed by atoms with van der Waals surface area (Å²) < 4.78 is 0. The van der Waals surface area contributed by atoms with Crippen LogP contribution >= 0.6 is 0 Å². The van der Waals surface area contributed by atoms with Crippen LogP contribution in [0.5, 0.6) is 0 Å². The molecule has 0 spiro atoms. The quantitative estimate of drug-likeness (QED) is 0.835. The number of hydrogen-bond donors (Lipinski definition) is 2. The lowest BCUT2D eigenvalue weighted by molar-refractivity contribution is -0.141. The lowest BCUT2D eigenvalue weighted by atomic mass is 10.1. The number of hydrogen-bond acceptors (Lipinski definition) is 4. The van der Waals surface area contributed by atoms with Gasteiger partial charge in [-0.2, -0.15) is 0 Å². The Bertz CT molecular complexity index is 487. The second-order valence-corrected chi connectivity index (χ2v) is 5.54. The molecule has 21 heavy (non-hydrogen) atoms. The molecule has 1 atom stereocenters. The van der Waals surface area contributed by atoms with E-state index >= 15 is 0 Å². The van der Waals surface area contributed by atoms with E-state index in [2.05, 4.69) is 29.1 Å². The minimum atomic E-state index is -0.934. The minimum Gasteiger partial charge on any atom is -0.481 e. The third kappa shape index (κ3) is 5.76. The van der Waals surface area contributed by atoms with E-state index < -0.39 is 11.9 Å². The first-order valence-electron chi connectivity index (χ1n) is 6.85. The van der Waals surface area contributed by atoms with Gasteiger partial charge in [0.05, 0.1) is 24.0 Å². The fraction of sp³-hybridized carbons (Fsp3) is 0.571. The fourth-order valence-corrected chi connectivity index (χ4v) is 1.68. The van der Waals surface area contributed by atoms with Crippen LogP contribution in [-0.4, -0.2) is 45.6 Å². The molecule has 1 unspecified atom stereocenters. The molecule has 0 bridgehead atoms. The molecule has 1 aromatic rings. The second-order valence-electron chi connectivity index (χ2n) is 5.54. The van der Waals surface area contributed by atoms with Crippen molar-refractivity contribution in [2.45, 2.75) is 27.2 Å². The Morgan fingerprint density at radius 2 is 1.86 bits per heavy atom. The van der Waals surface area contributed by atoms with Crippen molar-refractivity contribution in [1.82, 2.24) is 14.9 Å². The van der Waals surface area contributed by atoms with Gasteiger partial charge in [0.1, 0.15) is 5.82 Å². The summed E-state index contributed by atoms with van der Waals surface area (Å²) in [4.78, 5) is 32.3. The zero-order chi connectivity index (χ0) is 16.0. The Labute approximate surface area is 124 Å². The SMILES string of the molecule is CC(C)Cc1ncc(NC(=O)N(C)CC(C)C(=O)O)cn1. The molecule has 0 radical (unpaired) electrons. The average molecular weight is 294 g/mol. The van der Waals surface area contributed by atoms with E-state index in [1.165, 1.54) is 4.90 Å². The Balaban J connectivity index is 2.56. The van der Waals surface area contributed by atoms with Crippen LogP contribution in [0.2, 0.25) is 0 Å². The van der Waals surface area contributed by atoms with Crippen LogP contribution in [0.3, 0.4) is 0 Å². The van der Waals surface area contributed by atoms with Gasteiger partial charge in [-0.25, -0.2) is 14.8 Å². The van der Waals surface area contributed by atoms with Crippen LogP contribution in [-0.2, 0) is 11.2 Å². The summed E-state index contributed by atoms with van der Waals surface area (Å²) in [6.45, 7) is 5.85. The molecule has 1 rings (SSSR count). The maximum Gasteiger partial charge on any atom is 0.321 e. The van der Waals surface area contributed by atoms with E-state index in [0.717, 1.165) is 12.2 Å². The van der Waals surface area contributed by atoms with Gasteiger partial charge in [-0.3, -0.25) is 4.79 Å². The van der Waals surface area contributed by atoms with Gasteiger partial charge in [0.25, 0.3) is 0 Å². The first kappa shape index (κ1) is 16.9. The minimum absolute atomic E-state index is 0.132. The summed E-state index contributed by atoms with van der Waals surface area (Å²) in [5, 5.41) is 11.5. The Morgan fingerprint density at radius 3 is 2.33 bits per heavy atom. The first-order chi connectivity index (χ1) is 9.79. The molecule has 0 aliphatic rings. The molecule has 0 aromatic carbocycles. The van der Waals surface area contributed by atoms with Crippen molar-refractivity contribution in [2.75, 3.05) is 18.9 Å². The highest BCUT2D eigenvalue weighted by Crippen LogP contribution is 2.08. The topological polar surface area (TPSA) is 95.4 Å². The lowest BCUT2D eigenvalue weighted by Gasteiger charge is -2.19. The van der Waals surface area contributed by atoms with E-state index in [0.29, 0.717) is 11.6 Å². The molecule has 2 amide bonds.